The number of hydrogen-bond acceptors (Lipinski definition) is 6. The van der Waals surface area contributed by atoms with Crippen LogP contribution in [-0.4, -0.2) is 29.1 Å². The Morgan fingerprint density at radius 3 is 2.58 bits per heavy atom. The molecule has 1 fully saturated rings. The van der Waals surface area contributed by atoms with E-state index in [4.69, 9.17) is 14.5 Å². The van der Waals surface area contributed by atoms with Crippen molar-refractivity contribution in [3.05, 3.63) is 92.3 Å². The number of hydrogen-bond donors (Lipinski definition) is 0. The second-order valence-electron chi connectivity index (χ2n) is 8.86. The minimum absolute atomic E-state index is 0.00939. The molecule has 0 bridgehead atoms. The highest BCUT2D eigenvalue weighted by molar-refractivity contribution is 9.10. The Bertz CT molecular complexity index is 1440. The first kappa shape index (κ1) is 27.5. The fourth-order valence-electron chi connectivity index (χ4n) is 3.85. The van der Waals surface area contributed by atoms with E-state index in [2.05, 4.69) is 28.9 Å². The summed E-state index contributed by atoms with van der Waals surface area (Å²) in [5.74, 6) is 0.981. The molecule has 0 spiro atoms. The number of nitriles is 1. The molecule has 0 radical (unpaired) electrons. The first-order valence-electron chi connectivity index (χ1n) is 12.2. The quantitative estimate of drug-likeness (QED) is 0.253. The van der Waals surface area contributed by atoms with Gasteiger partial charge in [-0.15, -0.1) is 0 Å². The van der Waals surface area contributed by atoms with Crippen LogP contribution in [-0.2, 0) is 11.4 Å². The summed E-state index contributed by atoms with van der Waals surface area (Å²) in [5, 5.41) is 10.0. The normalized spacial score (nSPS) is 16.1. The summed E-state index contributed by atoms with van der Waals surface area (Å²) in [6.45, 7) is 6.35. The summed E-state index contributed by atoms with van der Waals surface area (Å²) in [6.07, 6.45) is 2.66. The van der Waals surface area contributed by atoms with Gasteiger partial charge in [0.25, 0.3) is 5.91 Å². The molecule has 8 heteroatoms. The van der Waals surface area contributed by atoms with Gasteiger partial charge in [-0.3, -0.25) is 9.69 Å². The van der Waals surface area contributed by atoms with Crippen molar-refractivity contribution in [1.82, 2.24) is 4.90 Å². The van der Waals surface area contributed by atoms with Gasteiger partial charge in [0.1, 0.15) is 6.61 Å². The fraction of sp³-hybridized carbons (Fsp3) is 0.233. The molecule has 194 valence electrons. The van der Waals surface area contributed by atoms with E-state index in [9.17, 15) is 10.1 Å². The number of thioether (sulfide) groups is 1. The number of methoxy groups -OCH3 is 1. The van der Waals surface area contributed by atoms with Crippen LogP contribution >= 0.6 is 27.7 Å². The number of ether oxygens (including phenoxy) is 2. The number of carbonyl (C=O) groups excluding carboxylic acids is 1. The van der Waals surface area contributed by atoms with Crippen molar-refractivity contribution in [2.75, 3.05) is 7.11 Å². The van der Waals surface area contributed by atoms with Gasteiger partial charge in [0, 0.05) is 16.1 Å². The zero-order valence-electron chi connectivity index (χ0n) is 21.7. The average molecular weight is 591 g/mol. The summed E-state index contributed by atoms with van der Waals surface area (Å²) in [5.41, 5.74) is 4.10. The number of halogens is 1. The maximum atomic E-state index is 13.5. The molecule has 0 N–H and O–H groups in total. The van der Waals surface area contributed by atoms with E-state index in [1.165, 1.54) is 11.8 Å². The molecule has 0 aromatic heterocycles. The van der Waals surface area contributed by atoms with E-state index in [0.717, 1.165) is 33.3 Å². The van der Waals surface area contributed by atoms with Crippen molar-refractivity contribution >= 4 is 50.5 Å². The third-order valence-corrected chi connectivity index (χ3v) is 7.89. The molecule has 4 rings (SSSR count). The van der Waals surface area contributed by atoms with Gasteiger partial charge in [0.15, 0.2) is 16.7 Å². The van der Waals surface area contributed by atoms with Crippen LogP contribution in [0.15, 0.2) is 75.0 Å². The molecule has 1 saturated heterocycles. The Labute approximate surface area is 236 Å². The highest BCUT2D eigenvalue weighted by Crippen LogP contribution is 2.40. The Hall–Kier alpha value is -3.54. The van der Waals surface area contributed by atoms with Gasteiger partial charge in [0.05, 0.1) is 29.3 Å². The molecule has 3 aromatic carbocycles. The maximum Gasteiger partial charge on any atom is 0.267 e. The van der Waals surface area contributed by atoms with E-state index in [-0.39, 0.29) is 18.6 Å². The van der Waals surface area contributed by atoms with Crippen LogP contribution in [0.5, 0.6) is 11.5 Å². The van der Waals surface area contributed by atoms with Crippen molar-refractivity contribution in [3.8, 4) is 17.6 Å². The lowest BCUT2D eigenvalue weighted by Crippen LogP contribution is -2.36. The van der Waals surface area contributed by atoms with Crippen LogP contribution in [0.2, 0.25) is 0 Å². The smallest absolute Gasteiger partial charge is 0.267 e. The number of amidine groups is 1. The average Bonchev–Trinajstić information content (AvgIpc) is 3.23. The summed E-state index contributed by atoms with van der Waals surface area (Å²) in [6, 6.07) is 21.1. The van der Waals surface area contributed by atoms with Gasteiger partial charge in [0.2, 0.25) is 0 Å². The van der Waals surface area contributed by atoms with Gasteiger partial charge < -0.3 is 9.47 Å². The van der Waals surface area contributed by atoms with Crippen molar-refractivity contribution in [2.45, 2.75) is 39.8 Å². The van der Waals surface area contributed by atoms with Crippen molar-refractivity contribution < 1.29 is 14.3 Å². The van der Waals surface area contributed by atoms with Gasteiger partial charge in [-0.25, -0.2) is 4.99 Å². The van der Waals surface area contributed by atoms with Gasteiger partial charge in [-0.05, 0) is 74.0 Å². The highest BCUT2D eigenvalue weighted by Gasteiger charge is 2.36. The van der Waals surface area contributed by atoms with Crippen molar-refractivity contribution in [3.63, 3.8) is 0 Å². The van der Waals surface area contributed by atoms with Gasteiger partial charge in [-0.2, -0.15) is 5.26 Å². The molecular formula is C30H28BrN3O3S. The lowest BCUT2D eigenvalue weighted by molar-refractivity contribution is -0.123. The molecule has 0 saturated carbocycles. The molecule has 1 aliphatic rings. The van der Waals surface area contributed by atoms with E-state index in [1.54, 1.807) is 18.1 Å². The Kier molecular flexibility index (Phi) is 8.93. The predicted octanol–water partition coefficient (Wildman–Crippen LogP) is 7.62. The van der Waals surface area contributed by atoms with Crippen LogP contribution in [0.3, 0.4) is 0 Å². The molecule has 1 atom stereocenters. The number of benzene rings is 3. The van der Waals surface area contributed by atoms with Crippen molar-refractivity contribution in [2.24, 2.45) is 4.99 Å². The Balaban J connectivity index is 1.64. The monoisotopic (exact) mass is 589 g/mol. The zero-order chi connectivity index (χ0) is 27.2. The van der Waals surface area contributed by atoms with Crippen LogP contribution in [0, 0.1) is 18.3 Å². The van der Waals surface area contributed by atoms with Crippen LogP contribution in [0.25, 0.3) is 6.08 Å². The predicted molar refractivity (Wildman–Crippen MR) is 157 cm³/mol. The number of rotatable bonds is 8. The van der Waals surface area contributed by atoms with Crippen LogP contribution in [0.1, 0.15) is 42.5 Å². The lowest BCUT2D eigenvalue weighted by atomic mass is 10.1. The molecular weight excluding hydrogens is 562 g/mol. The largest absolute Gasteiger partial charge is 0.493 e. The third-order valence-electron chi connectivity index (χ3n) is 6.22. The number of carbonyl (C=O) groups is 1. The van der Waals surface area contributed by atoms with Gasteiger partial charge >= 0.3 is 0 Å². The molecule has 1 heterocycles. The molecule has 38 heavy (non-hydrogen) atoms. The minimum atomic E-state index is -0.0745. The number of nitrogens with zero attached hydrogens (tertiary/aromatic N) is 3. The second-order valence-corrected chi connectivity index (χ2v) is 10.7. The van der Waals surface area contributed by atoms with Crippen LogP contribution < -0.4 is 9.47 Å². The molecule has 3 aromatic rings. The summed E-state index contributed by atoms with van der Waals surface area (Å²) < 4.78 is 12.4. The Morgan fingerprint density at radius 2 is 1.89 bits per heavy atom. The molecule has 0 unspecified atom stereocenters. The standard InChI is InChI=1S/C30H28BrN3O3S/c1-5-20(3)34-29(35)28(38-30(34)33-24-12-10-19(2)11-13-24)15-23-14-26(36-4)27(16-25(23)31)37-18-22-9-7-6-8-21(22)17-32/h6-16,20H,5,18H2,1-4H3/b28-15+,33-30?/t20-/m1/s1. The summed E-state index contributed by atoms with van der Waals surface area (Å²) in [4.78, 5) is 20.6. The molecule has 1 amide bonds. The highest BCUT2D eigenvalue weighted by atomic mass is 79.9. The molecule has 1 aliphatic heterocycles. The van der Waals surface area contributed by atoms with E-state index < -0.39 is 0 Å². The van der Waals surface area contributed by atoms with Crippen LogP contribution in [0.4, 0.5) is 5.69 Å². The first-order chi connectivity index (χ1) is 18.3. The third kappa shape index (κ3) is 6.12. The Morgan fingerprint density at radius 1 is 1.16 bits per heavy atom. The maximum absolute atomic E-state index is 13.5. The van der Waals surface area contributed by atoms with E-state index >= 15 is 0 Å². The molecule has 6 nitrogen and oxygen atoms in total. The lowest BCUT2D eigenvalue weighted by Gasteiger charge is -2.22. The fourth-order valence-corrected chi connectivity index (χ4v) is 5.37. The minimum Gasteiger partial charge on any atom is -0.493 e. The summed E-state index contributed by atoms with van der Waals surface area (Å²) >= 11 is 5.00. The van der Waals surface area contributed by atoms with Crippen molar-refractivity contribution in [1.29, 1.82) is 5.26 Å². The first-order valence-corrected chi connectivity index (χ1v) is 13.8. The second kappa shape index (κ2) is 12.3. The zero-order valence-corrected chi connectivity index (χ0v) is 24.1. The number of aryl methyl sites for hydroxylation is 1. The SMILES string of the molecule is CC[C@@H](C)N1C(=O)/C(=C\c2cc(OC)c(OCc3ccccc3C#N)cc2Br)SC1=Nc1ccc(C)cc1. The number of amides is 1. The topological polar surface area (TPSA) is 74.9 Å². The van der Waals surface area contributed by atoms with E-state index in [1.807, 2.05) is 74.5 Å². The van der Waals surface area contributed by atoms with Gasteiger partial charge in [-0.1, -0.05) is 58.7 Å². The number of aliphatic imine (C=N–C) groups is 1. The van der Waals surface area contributed by atoms with E-state index in [0.29, 0.717) is 27.1 Å². The molecule has 0 aliphatic carbocycles. The summed E-state index contributed by atoms with van der Waals surface area (Å²) in [7, 11) is 1.57.